The van der Waals surface area contributed by atoms with Gasteiger partial charge in [-0.1, -0.05) is 44.2 Å². The Labute approximate surface area is 174 Å². The number of rotatable bonds is 6. The highest BCUT2D eigenvalue weighted by atomic mass is 32.2. The number of carbonyl (C=O) groups excluding carboxylic acids is 1. The van der Waals surface area contributed by atoms with Crippen molar-refractivity contribution in [1.82, 2.24) is 9.21 Å². The number of nitrogens with zero attached hydrogens (tertiary/aromatic N) is 2. The van der Waals surface area contributed by atoms with Gasteiger partial charge in [0.15, 0.2) is 0 Å². The zero-order valence-corrected chi connectivity index (χ0v) is 18.5. The molecule has 1 heterocycles. The van der Waals surface area contributed by atoms with Gasteiger partial charge in [0.2, 0.25) is 10.0 Å². The van der Waals surface area contributed by atoms with E-state index in [1.165, 1.54) is 15.4 Å². The highest BCUT2D eigenvalue weighted by Crippen LogP contribution is 2.35. The molecule has 2 aromatic rings. The molecule has 5 nitrogen and oxygen atoms in total. The van der Waals surface area contributed by atoms with Gasteiger partial charge in [0.1, 0.15) is 0 Å². The average Bonchev–Trinajstić information content (AvgIpc) is 3.18. The van der Waals surface area contributed by atoms with Crippen molar-refractivity contribution < 1.29 is 13.2 Å². The second-order valence-corrected chi connectivity index (χ2v) is 9.52. The zero-order chi connectivity index (χ0) is 21.2. The van der Waals surface area contributed by atoms with Crippen LogP contribution in [0.4, 0.5) is 0 Å². The highest BCUT2D eigenvalue weighted by Gasteiger charge is 2.33. The van der Waals surface area contributed by atoms with Gasteiger partial charge in [0.05, 0.1) is 10.9 Å². The number of benzene rings is 2. The molecule has 0 saturated carbocycles. The number of sulfonamides is 1. The minimum absolute atomic E-state index is 0.0335. The summed E-state index contributed by atoms with van der Waals surface area (Å²) in [6.07, 6.45) is 1.87. The quantitative estimate of drug-likeness (QED) is 0.708. The first-order valence-corrected chi connectivity index (χ1v) is 11.7. The molecule has 0 N–H and O–H groups in total. The number of hydrogen-bond acceptors (Lipinski definition) is 3. The highest BCUT2D eigenvalue weighted by molar-refractivity contribution is 7.89. The van der Waals surface area contributed by atoms with Crippen molar-refractivity contribution in [2.75, 3.05) is 19.6 Å². The van der Waals surface area contributed by atoms with Crippen LogP contribution in [0.15, 0.2) is 47.4 Å². The summed E-state index contributed by atoms with van der Waals surface area (Å²) in [6.45, 7) is 9.05. The first-order chi connectivity index (χ1) is 13.8. The normalized spacial score (nSPS) is 17.1. The Morgan fingerprint density at radius 1 is 1.07 bits per heavy atom. The van der Waals surface area contributed by atoms with Crippen molar-refractivity contribution in [2.45, 2.75) is 51.5 Å². The fourth-order valence-corrected chi connectivity index (χ4v) is 5.64. The van der Waals surface area contributed by atoms with Crippen molar-refractivity contribution >= 4 is 15.9 Å². The molecule has 1 atom stereocenters. The molecular weight excluding hydrogens is 384 g/mol. The molecule has 2 aromatic carbocycles. The summed E-state index contributed by atoms with van der Waals surface area (Å²) >= 11 is 0. The Bertz CT molecular complexity index is 997. The van der Waals surface area contributed by atoms with Gasteiger partial charge in [-0.3, -0.25) is 4.79 Å². The molecular formula is C23H30N2O3S. The van der Waals surface area contributed by atoms with E-state index < -0.39 is 10.0 Å². The van der Waals surface area contributed by atoms with E-state index in [4.69, 9.17) is 0 Å². The van der Waals surface area contributed by atoms with Gasteiger partial charge >= 0.3 is 0 Å². The van der Waals surface area contributed by atoms with Crippen LogP contribution < -0.4 is 0 Å². The summed E-state index contributed by atoms with van der Waals surface area (Å²) in [6, 6.07) is 13.1. The van der Waals surface area contributed by atoms with Crippen LogP contribution in [-0.2, 0) is 10.0 Å². The molecule has 1 fully saturated rings. The lowest BCUT2D eigenvalue weighted by atomic mass is 9.98. The van der Waals surface area contributed by atoms with Crippen molar-refractivity contribution in [3.8, 4) is 0 Å². The van der Waals surface area contributed by atoms with Gasteiger partial charge < -0.3 is 4.90 Å². The molecule has 0 spiro atoms. The Morgan fingerprint density at radius 3 is 2.41 bits per heavy atom. The first kappa shape index (κ1) is 21.5. The summed E-state index contributed by atoms with van der Waals surface area (Å²) in [7, 11) is -3.61. The van der Waals surface area contributed by atoms with Crippen molar-refractivity contribution in [3.63, 3.8) is 0 Å². The van der Waals surface area contributed by atoms with Crippen LogP contribution in [0, 0.1) is 13.8 Å². The fourth-order valence-electron chi connectivity index (χ4n) is 4.15. The zero-order valence-electron chi connectivity index (χ0n) is 17.7. The molecule has 1 saturated heterocycles. The molecule has 1 unspecified atom stereocenters. The number of likely N-dealkylation sites (tertiary alicyclic amines) is 1. The molecule has 156 valence electrons. The smallest absolute Gasteiger partial charge is 0.254 e. The van der Waals surface area contributed by atoms with Crippen LogP contribution in [0.3, 0.4) is 0 Å². The second-order valence-electron chi connectivity index (χ2n) is 7.58. The summed E-state index contributed by atoms with van der Waals surface area (Å²) in [5, 5.41) is 0. The van der Waals surface area contributed by atoms with Gasteiger partial charge in [-0.15, -0.1) is 0 Å². The van der Waals surface area contributed by atoms with Gasteiger partial charge in [-0.25, -0.2) is 8.42 Å². The van der Waals surface area contributed by atoms with Gasteiger partial charge in [-0.05, 0) is 55.5 Å². The van der Waals surface area contributed by atoms with Crippen LogP contribution in [0.2, 0.25) is 0 Å². The third-order valence-corrected chi connectivity index (χ3v) is 7.89. The van der Waals surface area contributed by atoms with Crippen LogP contribution in [0.5, 0.6) is 0 Å². The van der Waals surface area contributed by atoms with Crippen LogP contribution in [-0.4, -0.2) is 43.2 Å². The topological polar surface area (TPSA) is 57.7 Å². The minimum Gasteiger partial charge on any atom is -0.332 e. The number of carbonyl (C=O) groups is 1. The summed E-state index contributed by atoms with van der Waals surface area (Å²) in [5.41, 5.74) is 3.61. The molecule has 0 bridgehead atoms. The van der Waals surface area contributed by atoms with E-state index in [0.29, 0.717) is 25.2 Å². The van der Waals surface area contributed by atoms with E-state index in [9.17, 15) is 13.2 Å². The minimum atomic E-state index is -3.61. The lowest BCUT2D eigenvalue weighted by Crippen LogP contribution is -2.33. The molecule has 6 heteroatoms. The third-order valence-electron chi connectivity index (χ3n) is 5.84. The molecule has 1 aliphatic heterocycles. The van der Waals surface area contributed by atoms with Crippen LogP contribution in [0.25, 0.3) is 0 Å². The standard InChI is InChI=1S/C23H30N2O3S/c1-5-24(6-2)29(27,28)19-14-13-18(4)21(16-19)23(26)25-15-9-12-22(25)20-11-8-7-10-17(20)3/h7-8,10-11,13-14,16,22H,5-6,9,12,15H2,1-4H3. The Hall–Kier alpha value is -2.18. The Balaban J connectivity index is 1.98. The molecule has 1 aliphatic rings. The molecule has 0 radical (unpaired) electrons. The SMILES string of the molecule is CCN(CC)S(=O)(=O)c1ccc(C)c(C(=O)N2CCCC2c2ccccc2C)c1. The van der Waals surface area contributed by atoms with E-state index >= 15 is 0 Å². The maximum absolute atomic E-state index is 13.5. The maximum atomic E-state index is 13.5. The Kier molecular flexibility index (Phi) is 6.44. The van der Waals surface area contributed by atoms with E-state index in [0.717, 1.165) is 18.4 Å². The average molecular weight is 415 g/mol. The summed E-state index contributed by atoms with van der Waals surface area (Å²) in [4.78, 5) is 15.6. The van der Waals surface area contributed by atoms with Gasteiger partial charge in [0, 0.05) is 25.2 Å². The van der Waals surface area contributed by atoms with Crippen molar-refractivity contribution in [2.24, 2.45) is 0 Å². The number of aryl methyl sites for hydroxylation is 2. The molecule has 0 aliphatic carbocycles. The molecule has 3 rings (SSSR count). The lowest BCUT2D eigenvalue weighted by Gasteiger charge is -2.27. The van der Waals surface area contributed by atoms with Gasteiger partial charge in [0.25, 0.3) is 5.91 Å². The molecule has 29 heavy (non-hydrogen) atoms. The second kappa shape index (κ2) is 8.67. The monoisotopic (exact) mass is 414 g/mol. The van der Waals surface area contributed by atoms with Crippen molar-refractivity contribution in [3.05, 3.63) is 64.7 Å². The summed E-state index contributed by atoms with van der Waals surface area (Å²) < 4.78 is 27.3. The molecule has 0 aromatic heterocycles. The largest absolute Gasteiger partial charge is 0.332 e. The molecule has 1 amide bonds. The van der Waals surface area contributed by atoms with E-state index in [1.807, 2.05) is 37.8 Å². The van der Waals surface area contributed by atoms with Crippen molar-refractivity contribution in [1.29, 1.82) is 0 Å². The first-order valence-electron chi connectivity index (χ1n) is 10.3. The number of hydrogen-bond donors (Lipinski definition) is 0. The van der Waals surface area contributed by atoms with Gasteiger partial charge in [-0.2, -0.15) is 4.31 Å². The lowest BCUT2D eigenvalue weighted by molar-refractivity contribution is 0.0734. The predicted octanol–water partition coefficient (Wildman–Crippen LogP) is 4.31. The third kappa shape index (κ3) is 4.09. The Morgan fingerprint density at radius 2 is 1.76 bits per heavy atom. The van der Waals surface area contributed by atoms with E-state index in [2.05, 4.69) is 19.1 Å². The predicted molar refractivity (Wildman–Crippen MR) is 115 cm³/mol. The van der Waals surface area contributed by atoms with E-state index in [-0.39, 0.29) is 16.8 Å². The number of amides is 1. The van der Waals surface area contributed by atoms with E-state index in [1.54, 1.807) is 18.2 Å². The fraction of sp³-hybridized carbons (Fsp3) is 0.435. The maximum Gasteiger partial charge on any atom is 0.254 e. The summed E-state index contributed by atoms with van der Waals surface area (Å²) in [5.74, 6) is -0.0927. The van der Waals surface area contributed by atoms with Crippen LogP contribution >= 0.6 is 0 Å². The van der Waals surface area contributed by atoms with Crippen LogP contribution in [0.1, 0.15) is 59.8 Å².